The molecule has 0 bridgehead atoms. The highest BCUT2D eigenvalue weighted by Gasteiger charge is 2.60. The molecule has 2 heterocycles. The van der Waals surface area contributed by atoms with Crippen LogP contribution in [0.2, 0.25) is 0 Å². The molecule has 8 heteroatoms. The average Bonchev–Trinajstić information content (AvgIpc) is 3.40. The zero-order chi connectivity index (χ0) is 24.5. The van der Waals surface area contributed by atoms with Gasteiger partial charge < -0.3 is 14.2 Å². The summed E-state index contributed by atoms with van der Waals surface area (Å²) in [6.45, 7) is 0.190. The number of para-hydroxylation sites is 1. The molecular formula is C27H26N2O6. The van der Waals surface area contributed by atoms with Gasteiger partial charge in [0.25, 0.3) is 5.91 Å². The Kier molecular flexibility index (Phi) is 6.05. The van der Waals surface area contributed by atoms with Gasteiger partial charge in [-0.05, 0) is 29.8 Å². The number of anilines is 1. The summed E-state index contributed by atoms with van der Waals surface area (Å²) in [6, 6.07) is 21.8. The number of hydroxylamine groups is 1. The summed E-state index contributed by atoms with van der Waals surface area (Å²) in [6.07, 6.45) is -0.950. The number of carbonyl (C=O) groups is 2. The van der Waals surface area contributed by atoms with Crippen molar-refractivity contribution in [3.63, 3.8) is 0 Å². The molecule has 3 aromatic carbocycles. The number of ether oxygens (including phenoxy) is 3. The van der Waals surface area contributed by atoms with Crippen LogP contribution in [-0.2, 0) is 21.0 Å². The Labute approximate surface area is 203 Å². The molecule has 2 amide bonds. The number of hydrogen-bond donors (Lipinski definition) is 0. The molecule has 2 aliphatic rings. The topological polar surface area (TPSA) is 77.5 Å². The highest BCUT2D eigenvalue weighted by atomic mass is 16.7. The molecule has 2 saturated heterocycles. The monoisotopic (exact) mass is 474 g/mol. The minimum atomic E-state index is -0.950. The molecule has 180 valence electrons. The van der Waals surface area contributed by atoms with Crippen molar-refractivity contribution in [2.45, 2.75) is 18.7 Å². The van der Waals surface area contributed by atoms with E-state index >= 15 is 0 Å². The lowest BCUT2D eigenvalue weighted by Gasteiger charge is -2.30. The summed E-state index contributed by atoms with van der Waals surface area (Å²) < 4.78 is 16.8. The standard InChI is InChI=1S/C27H26N2O6/c1-32-20-15-14-19(23(33-2)24(20)34-3)22-21-25(35-29(22)18-12-8-5-9-13-18)27(31)28(26(21)30)16-17-10-6-4-7-11-17/h4-15,21-22,25H,16H2,1-3H3/t21-,22+,25+/m1/s1. The third kappa shape index (κ3) is 3.76. The van der Waals surface area contributed by atoms with Crippen molar-refractivity contribution in [3.05, 3.63) is 83.9 Å². The molecule has 0 aliphatic carbocycles. The molecule has 0 unspecified atom stereocenters. The van der Waals surface area contributed by atoms with Crippen LogP contribution < -0.4 is 19.3 Å². The Morgan fingerprint density at radius 3 is 2.06 bits per heavy atom. The van der Waals surface area contributed by atoms with Crippen molar-refractivity contribution < 1.29 is 28.6 Å². The second kappa shape index (κ2) is 9.31. The van der Waals surface area contributed by atoms with Crippen LogP contribution in [0.25, 0.3) is 0 Å². The smallest absolute Gasteiger partial charge is 0.262 e. The molecule has 2 fully saturated rings. The van der Waals surface area contributed by atoms with Gasteiger partial charge in [-0.1, -0.05) is 48.5 Å². The molecule has 0 aromatic heterocycles. The number of benzene rings is 3. The molecule has 3 aromatic rings. The third-order valence-corrected chi connectivity index (χ3v) is 6.45. The Balaban J connectivity index is 1.61. The molecular weight excluding hydrogens is 448 g/mol. The van der Waals surface area contributed by atoms with Crippen LogP contribution in [0.15, 0.2) is 72.8 Å². The van der Waals surface area contributed by atoms with E-state index in [0.29, 0.717) is 22.8 Å². The van der Waals surface area contributed by atoms with Crippen LogP contribution in [-0.4, -0.2) is 44.1 Å². The maximum absolute atomic E-state index is 13.7. The Morgan fingerprint density at radius 2 is 1.43 bits per heavy atom. The Morgan fingerprint density at radius 1 is 0.771 bits per heavy atom. The van der Waals surface area contributed by atoms with E-state index in [1.807, 2.05) is 66.7 Å². The Hall–Kier alpha value is -4.04. The molecule has 8 nitrogen and oxygen atoms in total. The van der Waals surface area contributed by atoms with E-state index in [0.717, 1.165) is 11.3 Å². The molecule has 0 spiro atoms. The number of amides is 2. The highest BCUT2D eigenvalue weighted by Crippen LogP contribution is 2.52. The largest absolute Gasteiger partial charge is 0.493 e. The second-order valence-electron chi connectivity index (χ2n) is 8.33. The fourth-order valence-corrected chi connectivity index (χ4v) is 4.87. The number of imide groups is 1. The first-order valence-electron chi connectivity index (χ1n) is 11.3. The fraction of sp³-hybridized carbons (Fsp3) is 0.259. The SMILES string of the molecule is COc1ccc([C@H]2[C@H]3C(=O)N(Cc4ccccc4)C(=O)[C@H]3ON2c2ccccc2)c(OC)c1OC. The molecule has 35 heavy (non-hydrogen) atoms. The highest BCUT2D eigenvalue weighted by molar-refractivity contribution is 6.07. The lowest BCUT2D eigenvalue weighted by molar-refractivity contribution is -0.143. The van der Waals surface area contributed by atoms with Gasteiger partial charge in [0.05, 0.1) is 33.6 Å². The van der Waals surface area contributed by atoms with Gasteiger partial charge in [0, 0.05) is 5.56 Å². The predicted octanol–water partition coefficient (Wildman–Crippen LogP) is 3.76. The molecule has 0 N–H and O–H groups in total. The predicted molar refractivity (Wildman–Crippen MR) is 128 cm³/mol. The van der Waals surface area contributed by atoms with Crippen LogP contribution in [0.4, 0.5) is 5.69 Å². The average molecular weight is 475 g/mol. The number of fused-ring (bicyclic) bond motifs is 1. The van der Waals surface area contributed by atoms with Crippen LogP contribution >= 0.6 is 0 Å². The van der Waals surface area contributed by atoms with Crippen molar-refractivity contribution in [3.8, 4) is 17.2 Å². The summed E-state index contributed by atoms with van der Waals surface area (Å²) in [5.41, 5.74) is 2.25. The maximum Gasteiger partial charge on any atom is 0.262 e. The van der Waals surface area contributed by atoms with E-state index < -0.39 is 18.1 Å². The number of hydrogen-bond acceptors (Lipinski definition) is 7. The minimum Gasteiger partial charge on any atom is -0.493 e. The first kappa shape index (κ1) is 22.7. The van der Waals surface area contributed by atoms with Crippen LogP contribution in [0.3, 0.4) is 0 Å². The minimum absolute atomic E-state index is 0.190. The molecule has 2 aliphatic heterocycles. The summed E-state index contributed by atoms with van der Waals surface area (Å²) >= 11 is 0. The number of methoxy groups -OCH3 is 3. The second-order valence-corrected chi connectivity index (χ2v) is 8.33. The van der Waals surface area contributed by atoms with Gasteiger partial charge in [0.1, 0.15) is 12.0 Å². The zero-order valence-corrected chi connectivity index (χ0v) is 19.7. The Bertz CT molecular complexity index is 1230. The van der Waals surface area contributed by atoms with Gasteiger partial charge in [0.15, 0.2) is 17.6 Å². The number of nitrogens with zero attached hydrogens (tertiary/aromatic N) is 2. The quantitative estimate of drug-likeness (QED) is 0.483. The van der Waals surface area contributed by atoms with Gasteiger partial charge in [-0.2, -0.15) is 0 Å². The lowest BCUT2D eigenvalue weighted by atomic mass is 9.89. The van der Waals surface area contributed by atoms with E-state index in [-0.39, 0.29) is 18.4 Å². The number of carbonyl (C=O) groups excluding carboxylic acids is 2. The van der Waals surface area contributed by atoms with E-state index in [4.69, 9.17) is 19.0 Å². The summed E-state index contributed by atoms with van der Waals surface area (Å²) in [7, 11) is 4.60. The van der Waals surface area contributed by atoms with Crippen molar-refractivity contribution >= 4 is 17.5 Å². The van der Waals surface area contributed by atoms with E-state index in [1.165, 1.54) is 19.1 Å². The lowest BCUT2D eigenvalue weighted by Crippen LogP contribution is -2.37. The van der Waals surface area contributed by atoms with Crippen LogP contribution in [0.5, 0.6) is 17.2 Å². The van der Waals surface area contributed by atoms with E-state index in [1.54, 1.807) is 18.2 Å². The van der Waals surface area contributed by atoms with Gasteiger partial charge >= 0.3 is 0 Å². The first-order valence-corrected chi connectivity index (χ1v) is 11.3. The fourth-order valence-electron chi connectivity index (χ4n) is 4.87. The van der Waals surface area contributed by atoms with Gasteiger partial charge in [0.2, 0.25) is 11.7 Å². The van der Waals surface area contributed by atoms with E-state index in [2.05, 4.69) is 0 Å². The van der Waals surface area contributed by atoms with Crippen molar-refractivity contribution in [1.82, 2.24) is 4.90 Å². The van der Waals surface area contributed by atoms with Gasteiger partial charge in [-0.3, -0.25) is 19.3 Å². The zero-order valence-electron chi connectivity index (χ0n) is 19.7. The van der Waals surface area contributed by atoms with Crippen LogP contribution in [0, 0.1) is 5.92 Å². The normalized spacial score (nSPS) is 21.3. The molecule has 3 atom stereocenters. The maximum atomic E-state index is 13.7. The van der Waals surface area contributed by atoms with Gasteiger partial charge in [-0.25, -0.2) is 5.06 Å². The molecule has 5 rings (SSSR count). The van der Waals surface area contributed by atoms with Crippen LogP contribution in [0.1, 0.15) is 17.2 Å². The summed E-state index contributed by atoms with van der Waals surface area (Å²) in [4.78, 5) is 34.6. The van der Waals surface area contributed by atoms with Crippen molar-refractivity contribution in [2.24, 2.45) is 5.92 Å². The first-order chi connectivity index (χ1) is 17.1. The third-order valence-electron chi connectivity index (χ3n) is 6.45. The summed E-state index contributed by atoms with van der Waals surface area (Å²) in [5.74, 6) is -0.0886. The van der Waals surface area contributed by atoms with Crippen molar-refractivity contribution in [1.29, 1.82) is 0 Å². The summed E-state index contributed by atoms with van der Waals surface area (Å²) in [5, 5.41) is 1.63. The van der Waals surface area contributed by atoms with Gasteiger partial charge in [-0.15, -0.1) is 0 Å². The number of likely N-dealkylation sites (tertiary alicyclic amines) is 1. The van der Waals surface area contributed by atoms with Crippen molar-refractivity contribution in [2.75, 3.05) is 26.4 Å². The molecule has 0 radical (unpaired) electrons. The molecule has 0 saturated carbocycles. The number of rotatable bonds is 7. The van der Waals surface area contributed by atoms with E-state index in [9.17, 15) is 9.59 Å².